The van der Waals surface area contributed by atoms with Gasteiger partial charge in [-0.2, -0.15) is 0 Å². The molecule has 1 aromatic heterocycles. The van der Waals surface area contributed by atoms with Crippen molar-refractivity contribution in [1.29, 1.82) is 0 Å². The summed E-state index contributed by atoms with van der Waals surface area (Å²) in [5.41, 5.74) is 5.31. The maximum absolute atomic E-state index is 13.3. The van der Waals surface area contributed by atoms with Crippen molar-refractivity contribution in [2.75, 3.05) is 0 Å². The van der Waals surface area contributed by atoms with Gasteiger partial charge < -0.3 is 14.7 Å². The van der Waals surface area contributed by atoms with Crippen molar-refractivity contribution in [1.82, 2.24) is 9.88 Å². The fraction of sp³-hybridized carbons (Fsp3) is 0.179. The Morgan fingerprint density at radius 2 is 1.76 bits per heavy atom. The zero-order chi connectivity index (χ0) is 23.7. The van der Waals surface area contributed by atoms with E-state index in [4.69, 9.17) is 4.74 Å². The summed E-state index contributed by atoms with van der Waals surface area (Å²) in [6.07, 6.45) is -0.122. The molecule has 6 nitrogen and oxygen atoms in total. The second-order valence-corrected chi connectivity index (χ2v) is 8.50. The van der Waals surface area contributed by atoms with Crippen LogP contribution in [-0.2, 0) is 17.9 Å². The van der Waals surface area contributed by atoms with E-state index in [1.165, 1.54) is 0 Å². The summed E-state index contributed by atoms with van der Waals surface area (Å²) in [5, 5.41) is 10.4. The quantitative estimate of drug-likeness (QED) is 0.430. The number of ether oxygens (including phenoxy) is 1. The lowest BCUT2D eigenvalue weighted by molar-refractivity contribution is -0.138. The van der Waals surface area contributed by atoms with Gasteiger partial charge in [0.15, 0.2) is 0 Å². The Kier molecular flexibility index (Phi) is 5.72. The molecule has 6 heteroatoms. The van der Waals surface area contributed by atoms with Gasteiger partial charge in [0.25, 0.3) is 5.91 Å². The van der Waals surface area contributed by atoms with Gasteiger partial charge in [0.05, 0.1) is 18.0 Å². The topological polar surface area (TPSA) is 79.7 Å². The number of nitrogens with zero attached hydrogens (tertiary/aromatic N) is 2. The Hall–Kier alpha value is -4.19. The highest BCUT2D eigenvalue weighted by Gasteiger charge is 2.35. The van der Waals surface area contributed by atoms with E-state index in [2.05, 4.69) is 4.98 Å². The lowest BCUT2D eigenvalue weighted by Gasteiger charge is -2.24. The average molecular weight is 453 g/mol. The number of carbonyl (C=O) groups is 2. The van der Waals surface area contributed by atoms with Gasteiger partial charge in [0, 0.05) is 28.8 Å². The number of rotatable bonds is 6. The van der Waals surface area contributed by atoms with Gasteiger partial charge in [-0.1, -0.05) is 42.5 Å². The van der Waals surface area contributed by atoms with Crippen molar-refractivity contribution >= 4 is 22.8 Å². The van der Waals surface area contributed by atoms with Crippen LogP contribution in [0.25, 0.3) is 10.9 Å². The summed E-state index contributed by atoms with van der Waals surface area (Å²) < 4.78 is 6.01. The minimum atomic E-state index is -0.929. The maximum atomic E-state index is 13.3. The number of amides is 1. The van der Waals surface area contributed by atoms with Gasteiger partial charge in [-0.3, -0.25) is 14.6 Å². The normalized spacial score (nSPS) is 14.7. The molecule has 0 bridgehead atoms. The molecule has 1 aliphatic rings. The smallest absolute Gasteiger partial charge is 0.305 e. The summed E-state index contributed by atoms with van der Waals surface area (Å²) in [6.45, 7) is 2.75. The van der Waals surface area contributed by atoms with Crippen LogP contribution in [0.3, 0.4) is 0 Å². The van der Waals surface area contributed by atoms with Crippen LogP contribution in [-0.4, -0.2) is 26.9 Å². The first-order chi connectivity index (χ1) is 16.5. The number of fused-ring (bicyclic) bond motifs is 2. The molecule has 0 spiro atoms. The van der Waals surface area contributed by atoms with Crippen molar-refractivity contribution in [3.8, 4) is 5.75 Å². The lowest BCUT2D eigenvalue weighted by atomic mass is 10.0. The zero-order valence-electron chi connectivity index (χ0n) is 18.8. The molecule has 0 fully saturated rings. The molecule has 0 aliphatic carbocycles. The third kappa shape index (κ3) is 4.22. The van der Waals surface area contributed by atoms with E-state index >= 15 is 0 Å². The first-order valence-electron chi connectivity index (χ1n) is 11.2. The van der Waals surface area contributed by atoms with E-state index in [0.717, 1.165) is 33.3 Å². The van der Waals surface area contributed by atoms with Crippen LogP contribution < -0.4 is 4.74 Å². The molecule has 1 amide bonds. The van der Waals surface area contributed by atoms with Gasteiger partial charge >= 0.3 is 5.97 Å². The molecule has 0 radical (unpaired) electrons. The molecule has 3 aromatic carbocycles. The Bertz CT molecular complexity index is 1380. The molecule has 1 unspecified atom stereocenters. The summed E-state index contributed by atoms with van der Waals surface area (Å²) >= 11 is 0. The number of hydrogen-bond acceptors (Lipinski definition) is 4. The van der Waals surface area contributed by atoms with Crippen LogP contribution in [0.2, 0.25) is 0 Å². The fourth-order valence-electron chi connectivity index (χ4n) is 4.60. The molecule has 1 atom stereocenters. The third-order valence-electron chi connectivity index (χ3n) is 6.19. The molecule has 4 aromatic rings. The number of aliphatic carboxylic acids is 1. The van der Waals surface area contributed by atoms with Crippen molar-refractivity contribution in [3.05, 3.63) is 107 Å². The highest BCUT2D eigenvalue weighted by Crippen LogP contribution is 2.37. The SMILES string of the molecule is Cc1cc(COc2ccc(C(=O)N3Cc4ccccc4C3CC(=O)O)cc2)c2ccccc2n1. The summed E-state index contributed by atoms with van der Waals surface area (Å²) in [6, 6.07) is 24.2. The number of aromatic nitrogens is 1. The lowest BCUT2D eigenvalue weighted by Crippen LogP contribution is -2.30. The maximum Gasteiger partial charge on any atom is 0.305 e. The second kappa shape index (κ2) is 8.98. The predicted octanol–water partition coefficient (Wildman–Crippen LogP) is 5.29. The molecule has 0 saturated carbocycles. The number of carboxylic acids is 1. The molecule has 34 heavy (non-hydrogen) atoms. The minimum absolute atomic E-state index is 0.122. The molecule has 1 aliphatic heterocycles. The van der Waals surface area contributed by atoms with E-state index in [0.29, 0.717) is 24.5 Å². The van der Waals surface area contributed by atoms with Gasteiger partial charge in [-0.25, -0.2) is 0 Å². The minimum Gasteiger partial charge on any atom is -0.489 e. The summed E-state index contributed by atoms with van der Waals surface area (Å²) in [5.74, 6) is -0.464. The Morgan fingerprint density at radius 3 is 2.56 bits per heavy atom. The van der Waals surface area contributed by atoms with E-state index in [1.807, 2.05) is 61.5 Å². The standard InChI is InChI=1S/C28H24N2O4/c1-18-14-21(23-7-4-5-9-25(23)29-18)17-34-22-12-10-19(11-13-22)28(33)30-16-20-6-2-3-8-24(20)26(30)15-27(31)32/h2-14,26H,15-17H2,1H3,(H,31,32). The van der Waals surface area contributed by atoms with Crippen molar-refractivity contribution < 1.29 is 19.4 Å². The summed E-state index contributed by atoms with van der Waals surface area (Å²) in [7, 11) is 0. The van der Waals surface area contributed by atoms with Crippen LogP contribution in [0.1, 0.15) is 45.2 Å². The molecule has 170 valence electrons. The fourth-order valence-corrected chi connectivity index (χ4v) is 4.60. The number of hydrogen-bond donors (Lipinski definition) is 1. The monoisotopic (exact) mass is 452 g/mol. The van der Waals surface area contributed by atoms with E-state index in [9.17, 15) is 14.7 Å². The number of carbonyl (C=O) groups excluding carboxylic acids is 1. The Balaban J connectivity index is 1.32. The van der Waals surface area contributed by atoms with Crippen LogP contribution >= 0.6 is 0 Å². The number of para-hydroxylation sites is 1. The van der Waals surface area contributed by atoms with Gasteiger partial charge in [-0.15, -0.1) is 0 Å². The van der Waals surface area contributed by atoms with Crippen molar-refractivity contribution in [2.24, 2.45) is 0 Å². The van der Waals surface area contributed by atoms with Crippen LogP contribution in [0.4, 0.5) is 0 Å². The molecule has 1 N–H and O–H groups in total. The first-order valence-corrected chi connectivity index (χ1v) is 11.2. The zero-order valence-corrected chi connectivity index (χ0v) is 18.8. The third-order valence-corrected chi connectivity index (χ3v) is 6.19. The highest BCUT2D eigenvalue weighted by molar-refractivity contribution is 5.95. The van der Waals surface area contributed by atoms with Crippen LogP contribution in [0.15, 0.2) is 78.9 Å². The predicted molar refractivity (Wildman–Crippen MR) is 129 cm³/mol. The largest absolute Gasteiger partial charge is 0.489 e. The Labute approximate surface area is 197 Å². The number of aryl methyl sites for hydroxylation is 1. The Morgan fingerprint density at radius 1 is 1.03 bits per heavy atom. The van der Waals surface area contributed by atoms with E-state index < -0.39 is 12.0 Å². The van der Waals surface area contributed by atoms with Crippen molar-refractivity contribution in [2.45, 2.75) is 32.5 Å². The van der Waals surface area contributed by atoms with Crippen molar-refractivity contribution in [3.63, 3.8) is 0 Å². The van der Waals surface area contributed by atoms with E-state index in [1.54, 1.807) is 29.2 Å². The summed E-state index contributed by atoms with van der Waals surface area (Å²) in [4.78, 5) is 30.9. The highest BCUT2D eigenvalue weighted by atomic mass is 16.5. The van der Waals surface area contributed by atoms with Gasteiger partial charge in [-0.05, 0) is 54.4 Å². The molecule has 0 saturated heterocycles. The second-order valence-electron chi connectivity index (χ2n) is 8.50. The van der Waals surface area contributed by atoms with E-state index in [-0.39, 0.29) is 12.3 Å². The molecular formula is C28H24N2O4. The van der Waals surface area contributed by atoms with Gasteiger partial charge in [0.2, 0.25) is 0 Å². The molecular weight excluding hydrogens is 428 g/mol. The molecule has 5 rings (SSSR count). The van der Waals surface area contributed by atoms with Crippen LogP contribution in [0, 0.1) is 6.92 Å². The first kappa shape index (κ1) is 21.6. The number of carboxylic acid groups (broad SMARTS) is 1. The van der Waals surface area contributed by atoms with Gasteiger partial charge in [0.1, 0.15) is 12.4 Å². The number of pyridine rings is 1. The van der Waals surface area contributed by atoms with Crippen LogP contribution in [0.5, 0.6) is 5.75 Å². The number of benzene rings is 3. The average Bonchev–Trinajstić information content (AvgIpc) is 3.20. The molecule has 2 heterocycles.